The number of urea groups is 1. The molecule has 5 amide bonds. The standard InChI is InChI=1S/C21H22N4O5/c1-13(26)22-15-6-8-16(9-7-15)23-18(27)12-25-19(28)21(2,24-20(25)29)14-4-10-17(30-3)11-5-14/h4-11H,12H2,1-3H3,(H,22,26)(H,23,27)(H,24,29)/t21-/m1/s1. The highest BCUT2D eigenvalue weighted by molar-refractivity contribution is 6.10. The van der Waals surface area contributed by atoms with E-state index in [-0.39, 0.29) is 5.91 Å². The van der Waals surface area contributed by atoms with Crippen LogP contribution < -0.4 is 20.7 Å². The fourth-order valence-corrected chi connectivity index (χ4v) is 3.14. The number of nitrogens with one attached hydrogen (secondary N) is 3. The van der Waals surface area contributed by atoms with Gasteiger partial charge in [0.2, 0.25) is 11.8 Å². The Labute approximate surface area is 173 Å². The van der Waals surface area contributed by atoms with Crippen LogP contribution in [-0.4, -0.2) is 42.3 Å². The van der Waals surface area contributed by atoms with Crippen LogP contribution in [0.4, 0.5) is 16.2 Å². The van der Waals surface area contributed by atoms with Gasteiger partial charge in [-0.3, -0.25) is 19.3 Å². The average molecular weight is 410 g/mol. The second-order valence-electron chi connectivity index (χ2n) is 6.98. The van der Waals surface area contributed by atoms with Crippen LogP contribution >= 0.6 is 0 Å². The molecule has 0 spiro atoms. The summed E-state index contributed by atoms with van der Waals surface area (Å²) in [5.41, 5.74) is 0.367. The molecule has 2 aromatic carbocycles. The highest BCUT2D eigenvalue weighted by Gasteiger charge is 2.49. The predicted molar refractivity (Wildman–Crippen MR) is 110 cm³/mol. The van der Waals surface area contributed by atoms with Crippen molar-refractivity contribution in [2.75, 3.05) is 24.3 Å². The van der Waals surface area contributed by atoms with E-state index in [4.69, 9.17) is 4.74 Å². The first-order valence-electron chi connectivity index (χ1n) is 9.19. The summed E-state index contributed by atoms with van der Waals surface area (Å²) >= 11 is 0. The van der Waals surface area contributed by atoms with Gasteiger partial charge in [-0.2, -0.15) is 0 Å². The zero-order valence-corrected chi connectivity index (χ0v) is 16.8. The number of amides is 5. The first-order chi connectivity index (χ1) is 14.2. The lowest BCUT2D eigenvalue weighted by Crippen LogP contribution is -2.42. The number of methoxy groups -OCH3 is 1. The van der Waals surface area contributed by atoms with Gasteiger partial charge in [0.05, 0.1) is 7.11 Å². The molecule has 30 heavy (non-hydrogen) atoms. The first kappa shape index (κ1) is 20.8. The van der Waals surface area contributed by atoms with E-state index in [0.29, 0.717) is 22.7 Å². The van der Waals surface area contributed by atoms with Crippen LogP contribution in [0.15, 0.2) is 48.5 Å². The summed E-state index contributed by atoms with van der Waals surface area (Å²) in [5, 5.41) is 7.91. The molecule has 1 heterocycles. The number of carbonyl (C=O) groups excluding carboxylic acids is 4. The van der Waals surface area contributed by atoms with Gasteiger partial charge in [-0.1, -0.05) is 12.1 Å². The number of hydrogen-bond acceptors (Lipinski definition) is 5. The van der Waals surface area contributed by atoms with Crippen LogP contribution in [0, 0.1) is 0 Å². The Morgan fingerprint density at radius 3 is 2.10 bits per heavy atom. The summed E-state index contributed by atoms with van der Waals surface area (Å²) in [4.78, 5) is 49.6. The molecule has 1 fully saturated rings. The largest absolute Gasteiger partial charge is 0.497 e. The topological polar surface area (TPSA) is 117 Å². The molecule has 0 radical (unpaired) electrons. The SMILES string of the molecule is COc1ccc([C@@]2(C)NC(=O)N(CC(=O)Nc3ccc(NC(C)=O)cc3)C2=O)cc1. The van der Waals surface area contributed by atoms with E-state index in [1.165, 1.54) is 14.0 Å². The first-order valence-corrected chi connectivity index (χ1v) is 9.19. The number of hydrogen-bond donors (Lipinski definition) is 3. The van der Waals surface area contributed by atoms with Gasteiger partial charge in [0.25, 0.3) is 5.91 Å². The lowest BCUT2D eigenvalue weighted by atomic mass is 9.92. The monoisotopic (exact) mass is 410 g/mol. The quantitative estimate of drug-likeness (QED) is 0.630. The molecular formula is C21H22N4O5. The summed E-state index contributed by atoms with van der Waals surface area (Å²) in [6.07, 6.45) is 0. The summed E-state index contributed by atoms with van der Waals surface area (Å²) in [6.45, 7) is 2.56. The molecule has 0 aromatic heterocycles. The Bertz CT molecular complexity index is 987. The van der Waals surface area contributed by atoms with Crippen molar-refractivity contribution in [3.05, 3.63) is 54.1 Å². The molecular weight excluding hydrogens is 388 g/mol. The zero-order chi connectivity index (χ0) is 21.9. The number of rotatable bonds is 6. The number of benzene rings is 2. The Hall–Kier alpha value is -3.88. The summed E-state index contributed by atoms with van der Waals surface area (Å²) < 4.78 is 5.11. The third-order valence-electron chi connectivity index (χ3n) is 4.73. The van der Waals surface area contributed by atoms with Gasteiger partial charge in [-0.05, 0) is 48.9 Å². The molecule has 156 valence electrons. The van der Waals surface area contributed by atoms with Crippen molar-refractivity contribution in [3.8, 4) is 5.75 Å². The molecule has 0 unspecified atom stereocenters. The molecule has 0 bridgehead atoms. The molecule has 1 aliphatic rings. The summed E-state index contributed by atoms with van der Waals surface area (Å²) in [7, 11) is 1.53. The second kappa shape index (κ2) is 8.24. The van der Waals surface area contributed by atoms with Crippen LogP contribution in [0.25, 0.3) is 0 Å². The van der Waals surface area contributed by atoms with Crippen molar-refractivity contribution in [2.24, 2.45) is 0 Å². The Kier molecular flexibility index (Phi) is 5.72. The zero-order valence-electron chi connectivity index (χ0n) is 16.8. The van der Waals surface area contributed by atoms with E-state index in [2.05, 4.69) is 16.0 Å². The van der Waals surface area contributed by atoms with Crippen molar-refractivity contribution in [3.63, 3.8) is 0 Å². The van der Waals surface area contributed by atoms with E-state index in [1.807, 2.05) is 0 Å². The van der Waals surface area contributed by atoms with Crippen molar-refractivity contribution >= 4 is 35.1 Å². The maximum atomic E-state index is 12.9. The number of nitrogens with zero attached hydrogens (tertiary/aromatic N) is 1. The average Bonchev–Trinajstić information content (AvgIpc) is 2.93. The van der Waals surface area contributed by atoms with Gasteiger partial charge in [-0.15, -0.1) is 0 Å². The molecule has 3 rings (SSSR count). The molecule has 0 saturated carbocycles. The Morgan fingerprint density at radius 1 is 1.00 bits per heavy atom. The minimum absolute atomic E-state index is 0.203. The lowest BCUT2D eigenvalue weighted by molar-refractivity contribution is -0.133. The molecule has 9 heteroatoms. The third kappa shape index (κ3) is 4.24. The molecule has 1 saturated heterocycles. The van der Waals surface area contributed by atoms with Gasteiger partial charge in [0.1, 0.15) is 17.8 Å². The van der Waals surface area contributed by atoms with E-state index in [0.717, 1.165) is 4.90 Å². The highest BCUT2D eigenvalue weighted by atomic mass is 16.5. The van der Waals surface area contributed by atoms with Crippen molar-refractivity contribution in [1.82, 2.24) is 10.2 Å². The maximum Gasteiger partial charge on any atom is 0.325 e. The van der Waals surface area contributed by atoms with E-state index in [9.17, 15) is 19.2 Å². The van der Waals surface area contributed by atoms with Crippen LogP contribution in [0.2, 0.25) is 0 Å². The maximum absolute atomic E-state index is 12.9. The van der Waals surface area contributed by atoms with E-state index in [1.54, 1.807) is 55.5 Å². The summed E-state index contributed by atoms with van der Waals surface area (Å²) in [5.74, 6) is -0.622. The van der Waals surface area contributed by atoms with Gasteiger partial charge >= 0.3 is 6.03 Å². The number of ether oxygens (including phenoxy) is 1. The Balaban J connectivity index is 1.67. The van der Waals surface area contributed by atoms with Crippen molar-refractivity contribution in [1.29, 1.82) is 0 Å². The second-order valence-corrected chi connectivity index (χ2v) is 6.98. The smallest absolute Gasteiger partial charge is 0.325 e. The number of anilines is 2. The van der Waals surface area contributed by atoms with Crippen LogP contribution in [0.5, 0.6) is 5.75 Å². The molecule has 9 nitrogen and oxygen atoms in total. The van der Waals surface area contributed by atoms with Gasteiger partial charge < -0.3 is 20.7 Å². The normalized spacial score (nSPS) is 18.0. The fraction of sp³-hybridized carbons (Fsp3) is 0.238. The molecule has 1 aliphatic heterocycles. The van der Waals surface area contributed by atoms with Gasteiger partial charge in [-0.25, -0.2) is 4.79 Å². The molecule has 0 aliphatic carbocycles. The van der Waals surface area contributed by atoms with Crippen LogP contribution in [0.3, 0.4) is 0 Å². The van der Waals surface area contributed by atoms with Crippen LogP contribution in [-0.2, 0) is 19.9 Å². The number of carbonyl (C=O) groups is 4. The lowest BCUT2D eigenvalue weighted by Gasteiger charge is -2.22. The minimum Gasteiger partial charge on any atom is -0.497 e. The van der Waals surface area contributed by atoms with E-state index < -0.39 is 29.9 Å². The Morgan fingerprint density at radius 2 is 1.57 bits per heavy atom. The highest BCUT2D eigenvalue weighted by Crippen LogP contribution is 2.30. The summed E-state index contributed by atoms with van der Waals surface area (Å²) in [6, 6.07) is 12.6. The predicted octanol–water partition coefficient (Wildman–Crippen LogP) is 2.06. The molecule has 3 N–H and O–H groups in total. The molecule has 1 atom stereocenters. The number of imide groups is 1. The van der Waals surface area contributed by atoms with Gasteiger partial charge in [0, 0.05) is 18.3 Å². The molecule has 2 aromatic rings. The third-order valence-corrected chi connectivity index (χ3v) is 4.73. The fourth-order valence-electron chi connectivity index (χ4n) is 3.14. The minimum atomic E-state index is -1.27. The van der Waals surface area contributed by atoms with Crippen molar-refractivity contribution in [2.45, 2.75) is 19.4 Å². The van der Waals surface area contributed by atoms with Crippen molar-refractivity contribution < 1.29 is 23.9 Å². The van der Waals surface area contributed by atoms with Gasteiger partial charge in [0.15, 0.2) is 0 Å². The van der Waals surface area contributed by atoms with Crippen LogP contribution in [0.1, 0.15) is 19.4 Å². The van der Waals surface area contributed by atoms with E-state index >= 15 is 0 Å².